The van der Waals surface area contributed by atoms with Crippen molar-refractivity contribution in [2.75, 3.05) is 10.6 Å². The number of anilines is 3. The Bertz CT molecular complexity index is 948. The van der Waals surface area contributed by atoms with Crippen molar-refractivity contribution in [2.24, 2.45) is 0 Å². The molecule has 1 amide bonds. The summed E-state index contributed by atoms with van der Waals surface area (Å²) < 4.78 is 18.4. The standard InChI is InChI=1S/C17H16ClFN4O2S/c1-17(2,3)13-7-14(23-25-13)22-15(24)12-8-26-16(21-12)20-9-4-5-11(19)10(18)6-9/h4-8H,1-3H3,(H,20,21)(H,22,23,24). The van der Waals surface area contributed by atoms with Gasteiger partial charge in [0, 0.05) is 22.5 Å². The average molecular weight is 395 g/mol. The molecule has 3 aromatic rings. The van der Waals surface area contributed by atoms with Crippen LogP contribution in [0.3, 0.4) is 0 Å². The van der Waals surface area contributed by atoms with E-state index in [1.807, 2.05) is 20.8 Å². The lowest BCUT2D eigenvalue weighted by Crippen LogP contribution is -2.13. The first-order valence-electron chi connectivity index (χ1n) is 7.68. The van der Waals surface area contributed by atoms with Crippen molar-refractivity contribution in [1.82, 2.24) is 10.1 Å². The van der Waals surface area contributed by atoms with Crippen LogP contribution in [0, 0.1) is 5.82 Å². The molecule has 0 aliphatic heterocycles. The molecular weight excluding hydrogens is 379 g/mol. The average Bonchev–Trinajstić information content (AvgIpc) is 3.20. The summed E-state index contributed by atoms with van der Waals surface area (Å²) >= 11 is 6.99. The maximum Gasteiger partial charge on any atom is 0.276 e. The van der Waals surface area contributed by atoms with Crippen molar-refractivity contribution in [3.8, 4) is 0 Å². The van der Waals surface area contributed by atoms with Crippen molar-refractivity contribution >= 4 is 45.5 Å². The predicted octanol–water partition coefficient (Wildman–Crippen LogP) is 5.22. The van der Waals surface area contributed by atoms with Crippen molar-refractivity contribution in [2.45, 2.75) is 26.2 Å². The summed E-state index contributed by atoms with van der Waals surface area (Å²) in [7, 11) is 0. The molecule has 2 aromatic heterocycles. The highest BCUT2D eigenvalue weighted by Gasteiger charge is 2.21. The predicted molar refractivity (Wildman–Crippen MR) is 100.0 cm³/mol. The summed E-state index contributed by atoms with van der Waals surface area (Å²) in [6.45, 7) is 5.96. The third-order valence-electron chi connectivity index (χ3n) is 3.40. The second kappa shape index (κ2) is 7.05. The number of amides is 1. The first kappa shape index (κ1) is 18.3. The van der Waals surface area contributed by atoms with E-state index in [9.17, 15) is 9.18 Å². The Morgan fingerprint density at radius 1 is 1.31 bits per heavy atom. The molecule has 9 heteroatoms. The fraction of sp³-hybridized carbons (Fsp3) is 0.235. The molecule has 0 aliphatic rings. The lowest BCUT2D eigenvalue weighted by Gasteiger charge is -2.11. The third kappa shape index (κ3) is 4.20. The van der Waals surface area contributed by atoms with Crippen LogP contribution < -0.4 is 10.6 Å². The van der Waals surface area contributed by atoms with Crippen molar-refractivity contribution < 1.29 is 13.7 Å². The zero-order valence-electron chi connectivity index (χ0n) is 14.3. The van der Waals surface area contributed by atoms with Crippen LogP contribution in [0.15, 0.2) is 34.2 Å². The molecule has 0 saturated carbocycles. The molecule has 26 heavy (non-hydrogen) atoms. The van der Waals surface area contributed by atoms with Gasteiger partial charge in [0.2, 0.25) is 0 Å². The molecule has 0 radical (unpaired) electrons. The lowest BCUT2D eigenvalue weighted by atomic mass is 9.93. The smallest absolute Gasteiger partial charge is 0.276 e. The lowest BCUT2D eigenvalue weighted by molar-refractivity contribution is 0.102. The summed E-state index contributed by atoms with van der Waals surface area (Å²) in [5.41, 5.74) is 0.597. The topological polar surface area (TPSA) is 80.0 Å². The van der Waals surface area contributed by atoms with E-state index in [1.54, 1.807) is 11.4 Å². The summed E-state index contributed by atoms with van der Waals surface area (Å²) in [6.07, 6.45) is 0. The molecule has 1 aromatic carbocycles. The summed E-state index contributed by atoms with van der Waals surface area (Å²) in [5, 5.41) is 11.6. The van der Waals surface area contributed by atoms with Crippen LogP contribution in [0.25, 0.3) is 0 Å². The van der Waals surface area contributed by atoms with Gasteiger partial charge in [-0.15, -0.1) is 11.3 Å². The zero-order valence-corrected chi connectivity index (χ0v) is 15.8. The highest BCUT2D eigenvalue weighted by Crippen LogP contribution is 2.26. The molecule has 6 nitrogen and oxygen atoms in total. The van der Waals surface area contributed by atoms with E-state index in [0.29, 0.717) is 22.4 Å². The Morgan fingerprint density at radius 2 is 2.08 bits per heavy atom. The number of hydrogen-bond acceptors (Lipinski definition) is 6. The minimum absolute atomic E-state index is 0.00482. The Labute approximate surface area is 158 Å². The maximum absolute atomic E-state index is 13.2. The van der Waals surface area contributed by atoms with Gasteiger partial charge < -0.3 is 15.2 Å². The molecule has 0 fully saturated rings. The van der Waals surface area contributed by atoms with Crippen LogP contribution in [0.2, 0.25) is 5.02 Å². The van der Waals surface area contributed by atoms with Crippen LogP contribution in [-0.4, -0.2) is 16.0 Å². The van der Waals surface area contributed by atoms with Crippen molar-refractivity contribution in [1.29, 1.82) is 0 Å². The molecule has 0 unspecified atom stereocenters. The fourth-order valence-electron chi connectivity index (χ4n) is 2.00. The molecule has 0 spiro atoms. The Morgan fingerprint density at radius 3 is 2.73 bits per heavy atom. The van der Waals surface area contributed by atoms with Gasteiger partial charge in [0.15, 0.2) is 10.9 Å². The van der Waals surface area contributed by atoms with Crippen molar-refractivity contribution in [3.63, 3.8) is 0 Å². The summed E-state index contributed by atoms with van der Waals surface area (Å²) in [4.78, 5) is 16.5. The number of aromatic nitrogens is 2. The van der Waals surface area contributed by atoms with Gasteiger partial charge in [0.25, 0.3) is 5.91 Å². The molecule has 2 N–H and O–H groups in total. The third-order valence-corrected chi connectivity index (χ3v) is 4.45. The molecule has 0 atom stereocenters. The quantitative estimate of drug-likeness (QED) is 0.634. The minimum Gasteiger partial charge on any atom is -0.359 e. The molecule has 0 aliphatic carbocycles. The van der Waals surface area contributed by atoms with E-state index < -0.39 is 11.7 Å². The van der Waals surface area contributed by atoms with Gasteiger partial charge in [-0.25, -0.2) is 9.37 Å². The Hall–Kier alpha value is -2.45. The van der Waals surface area contributed by atoms with Crippen LogP contribution >= 0.6 is 22.9 Å². The summed E-state index contributed by atoms with van der Waals surface area (Å²) in [5.74, 6) is 0.0910. The number of rotatable bonds is 4. The van der Waals surface area contributed by atoms with Crippen LogP contribution in [-0.2, 0) is 5.41 Å². The SMILES string of the molecule is CC(C)(C)c1cc(NC(=O)c2csc(Nc3ccc(F)c(Cl)c3)n2)no1. The van der Waals surface area contributed by atoms with Gasteiger partial charge in [-0.1, -0.05) is 37.5 Å². The largest absolute Gasteiger partial charge is 0.359 e. The monoisotopic (exact) mass is 394 g/mol. The van der Waals surface area contributed by atoms with E-state index >= 15 is 0 Å². The highest BCUT2D eigenvalue weighted by atomic mass is 35.5. The molecule has 0 saturated heterocycles. The highest BCUT2D eigenvalue weighted by molar-refractivity contribution is 7.14. The number of nitrogens with zero attached hydrogens (tertiary/aromatic N) is 2. The van der Waals surface area contributed by atoms with Gasteiger partial charge in [0.1, 0.15) is 17.3 Å². The number of carbonyl (C=O) groups excluding carboxylic acids is 1. The van der Waals surface area contributed by atoms with E-state index in [4.69, 9.17) is 16.1 Å². The molecular formula is C17H16ClFN4O2S. The van der Waals surface area contributed by atoms with Gasteiger partial charge in [0.05, 0.1) is 5.02 Å². The van der Waals surface area contributed by atoms with Gasteiger partial charge in [-0.05, 0) is 18.2 Å². The zero-order chi connectivity index (χ0) is 18.9. The van der Waals surface area contributed by atoms with Crippen LogP contribution in [0.5, 0.6) is 0 Å². The number of thiazole rings is 1. The van der Waals surface area contributed by atoms with Crippen LogP contribution in [0.1, 0.15) is 37.0 Å². The Kier molecular flexibility index (Phi) is 4.97. The van der Waals surface area contributed by atoms with Gasteiger partial charge in [-0.3, -0.25) is 4.79 Å². The Balaban J connectivity index is 1.68. The van der Waals surface area contributed by atoms with Gasteiger partial charge in [-0.2, -0.15) is 0 Å². The molecule has 3 rings (SSSR count). The fourth-order valence-corrected chi connectivity index (χ4v) is 2.89. The number of halogens is 2. The second-order valence-electron chi connectivity index (χ2n) is 6.57. The van der Waals surface area contributed by atoms with E-state index in [2.05, 4.69) is 20.8 Å². The molecule has 2 heterocycles. The van der Waals surface area contributed by atoms with E-state index in [0.717, 1.165) is 0 Å². The molecule has 0 bridgehead atoms. The maximum atomic E-state index is 13.2. The minimum atomic E-state index is -0.501. The first-order chi connectivity index (χ1) is 12.2. The number of carbonyl (C=O) groups is 1. The second-order valence-corrected chi connectivity index (χ2v) is 7.84. The number of benzene rings is 1. The van der Waals surface area contributed by atoms with E-state index in [-0.39, 0.29) is 16.1 Å². The molecule has 136 valence electrons. The van der Waals surface area contributed by atoms with Crippen molar-refractivity contribution in [3.05, 3.63) is 51.9 Å². The van der Waals surface area contributed by atoms with Gasteiger partial charge >= 0.3 is 0 Å². The summed E-state index contributed by atoms with van der Waals surface area (Å²) in [6, 6.07) is 5.92. The number of hydrogen-bond donors (Lipinski definition) is 2. The normalized spacial score (nSPS) is 11.4. The first-order valence-corrected chi connectivity index (χ1v) is 8.94. The van der Waals surface area contributed by atoms with E-state index in [1.165, 1.54) is 29.5 Å². The number of nitrogens with one attached hydrogen (secondary N) is 2. The van der Waals surface area contributed by atoms with Crippen LogP contribution in [0.4, 0.5) is 21.0 Å².